The summed E-state index contributed by atoms with van der Waals surface area (Å²) in [7, 11) is 3.93. The third-order valence-corrected chi connectivity index (χ3v) is 4.21. The molecular weight excluding hydrogens is 296 g/mol. The Balaban J connectivity index is 2.25. The fourth-order valence-corrected chi connectivity index (χ4v) is 3.25. The van der Waals surface area contributed by atoms with Gasteiger partial charge < -0.3 is 4.90 Å². The van der Waals surface area contributed by atoms with Gasteiger partial charge in [0, 0.05) is 26.0 Å². The first-order chi connectivity index (χ1) is 10.4. The number of ketones is 1. The van der Waals surface area contributed by atoms with Crippen molar-refractivity contribution in [1.82, 2.24) is 15.0 Å². The summed E-state index contributed by atoms with van der Waals surface area (Å²) in [6, 6.07) is 4.02. The summed E-state index contributed by atoms with van der Waals surface area (Å²) in [6.45, 7) is 5.26. The summed E-state index contributed by atoms with van der Waals surface area (Å²) < 4.78 is 0. The van der Waals surface area contributed by atoms with Crippen LogP contribution in [0.5, 0.6) is 0 Å². The molecule has 2 rings (SSSR count). The summed E-state index contributed by atoms with van der Waals surface area (Å²) in [5, 5.41) is 0.751. The maximum absolute atomic E-state index is 11.8. The number of carbonyl (C=O) groups is 1. The van der Waals surface area contributed by atoms with E-state index in [2.05, 4.69) is 15.0 Å². The van der Waals surface area contributed by atoms with Crippen LogP contribution in [0.4, 0.5) is 5.82 Å². The summed E-state index contributed by atoms with van der Waals surface area (Å²) >= 11 is 1.56. The quantitative estimate of drug-likeness (QED) is 0.480. The van der Waals surface area contributed by atoms with Gasteiger partial charge in [-0.15, -0.1) is 11.8 Å². The highest BCUT2D eigenvalue weighted by atomic mass is 32.2. The van der Waals surface area contributed by atoms with Gasteiger partial charge in [0.15, 0.2) is 5.78 Å². The number of nitrogens with zero attached hydrogens (tertiary/aromatic N) is 4. The van der Waals surface area contributed by atoms with Crippen LogP contribution in [0.3, 0.4) is 0 Å². The zero-order valence-corrected chi connectivity index (χ0v) is 14.4. The Kier molecular flexibility index (Phi) is 5.13. The third kappa shape index (κ3) is 3.82. The molecule has 0 aliphatic heterocycles. The van der Waals surface area contributed by atoms with Gasteiger partial charge in [-0.05, 0) is 38.5 Å². The van der Waals surface area contributed by atoms with Crippen molar-refractivity contribution in [3.05, 3.63) is 41.0 Å². The van der Waals surface area contributed by atoms with E-state index >= 15 is 0 Å². The molecule has 0 radical (unpaired) electrons. The number of hydrogen-bond donors (Lipinski definition) is 0. The van der Waals surface area contributed by atoms with E-state index in [0.29, 0.717) is 11.4 Å². The van der Waals surface area contributed by atoms with E-state index in [4.69, 9.17) is 0 Å². The largest absolute Gasteiger partial charge is 0.363 e. The first-order valence-electron chi connectivity index (χ1n) is 6.99. The van der Waals surface area contributed by atoms with Crippen molar-refractivity contribution < 1.29 is 4.79 Å². The van der Waals surface area contributed by atoms with E-state index in [1.807, 2.05) is 45.0 Å². The number of aryl methyl sites for hydroxylation is 2. The van der Waals surface area contributed by atoms with Crippen molar-refractivity contribution in [2.75, 3.05) is 19.0 Å². The molecule has 0 fully saturated rings. The Bertz CT molecular complexity index is 701. The van der Waals surface area contributed by atoms with Crippen LogP contribution in [0.1, 0.15) is 34.4 Å². The van der Waals surface area contributed by atoms with Gasteiger partial charge in [-0.25, -0.2) is 15.0 Å². The highest BCUT2D eigenvalue weighted by molar-refractivity contribution is 7.98. The minimum atomic E-state index is 0.00343. The van der Waals surface area contributed by atoms with Crippen molar-refractivity contribution >= 4 is 23.4 Å². The molecular formula is C16H20N4OS. The summed E-state index contributed by atoms with van der Waals surface area (Å²) in [5.41, 5.74) is 2.51. The molecule has 116 valence electrons. The fourth-order valence-electron chi connectivity index (χ4n) is 2.14. The molecule has 2 aromatic heterocycles. The van der Waals surface area contributed by atoms with Gasteiger partial charge in [-0.1, -0.05) is 0 Å². The van der Waals surface area contributed by atoms with Crippen molar-refractivity contribution in [2.45, 2.75) is 31.6 Å². The first-order valence-corrected chi connectivity index (χ1v) is 7.98. The zero-order valence-electron chi connectivity index (χ0n) is 13.5. The third-order valence-electron chi connectivity index (χ3n) is 3.16. The van der Waals surface area contributed by atoms with Crippen LogP contribution in [0.25, 0.3) is 0 Å². The Morgan fingerprint density at radius 1 is 1.27 bits per heavy atom. The molecule has 0 aliphatic rings. The maximum Gasteiger partial charge on any atom is 0.164 e. The Labute approximate surface area is 135 Å². The van der Waals surface area contributed by atoms with E-state index < -0.39 is 0 Å². The number of aromatic nitrogens is 3. The van der Waals surface area contributed by atoms with E-state index in [0.717, 1.165) is 27.9 Å². The van der Waals surface area contributed by atoms with E-state index in [1.54, 1.807) is 24.9 Å². The lowest BCUT2D eigenvalue weighted by Gasteiger charge is -2.13. The number of anilines is 1. The van der Waals surface area contributed by atoms with Gasteiger partial charge in [0.2, 0.25) is 0 Å². The zero-order chi connectivity index (χ0) is 16.3. The Morgan fingerprint density at radius 2 is 2.00 bits per heavy atom. The predicted molar refractivity (Wildman–Crippen MR) is 89.6 cm³/mol. The minimum Gasteiger partial charge on any atom is -0.363 e. The smallest absolute Gasteiger partial charge is 0.164 e. The van der Waals surface area contributed by atoms with E-state index in [1.165, 1.54) is 0 Å². The average molecular weight is 316 g/mol. The molecule has 0 bridgehead atoms. The second-order valence-corrected chi connectivity index (χ2v) is 6.26. The first kappa shape index (κ1) is 16.4. The second-order valence-electron chi connectivity index (χ2n) is 5.30. The molecule has 5 nitrogen and oxygen atoms in total. The SMILES string of the molecule is CC(=O)c1c(C)nc(C)nc1SCc1ccnc(N(C)C)c1. The summed E-state index contributed by atoms with van der Waals surface area (Å²) in [4.78, 5) is 26.8. The van der Waals surface area contributed by atoms with Crippen molar-refractivity contribution in [1.29, 1.82) is 0 Å². The van der Waals surface area contributed by atoms with Gasteiger partial charge in [0.05, 0.1) is 11.3 Å². The molecule has 2 aromatic rings. The van der Waals surface area contributed by atoms with Gasteiger partial charge in [-0.2, -0.15) is 0 Å². The minimum absolute atomic E-state index is 0.00343. The molecule has 6 heteroatoms. The molecule has 2 heterocycles. The van der Waals surface area contributed by atoms with E-state index in [9.17, 15) is 4.79 Å². The standard InChI is InChI=1S/C16H20N4OS/c1-10-15(11(2)21)16(19-12(3)18-10)22-9-13-6-7-17-14(8-13)20(4)5/h6-8H,9H2,1-5H3. The number of hydrogen-bond acceptors (Lipinski definition) is 6. The van der Waals surface area contributed by atoms with Crippen molar-refractivity contribution in [3.63, 3.8) is 0 Å². The lowest BCUT2D eigenvalue weighted by atomic mass is 10.2. The molecule has 0 unspecified atom stereocenters. The number of Topliss-reactive ketones (excluding diaryl/α,β-unsaturated/α-hetero) is 1. The lowest BCUT2D eigenvalue weighted by molar-refractivity contribution is 0.101. The monoisotopic (exact) mass is 316 g/mol. The van der Waals surface area contributed by atoms with Crippen LogP contribution in [0, 0.1) is 13.8 Å². The molecule has 0 N–H and O–H groups in total. The molecule has 0 aromatic carbocycles. The van der Waals surface area contributed by atoms with Crippen LogP contribution in [0.2, 0.25) is 0 Å². The molecule has 0 amide bonds. The fraction of sp³-hybridized carbons (Fsp3) is 0.375. The topological polar surface area (TPSA) is 59.0 Å². The molecule has 0 aliphatic carbocycles. The Morgan fingerprint density at radius 3 is 2.64 bits per heavy atom. The summed E-state index contributed by atoms with van der Waals surface area (Å²) in [6.07, 6.45) is 1.80. The van der Waals surface area contributed by atoms with Crippen molar-refractivity contribution in [2.24, 2.45) is 0 Å². The number of thioether (sulfide) groups is 1. The number of carbonyl (C=O) groups excluding carboxylic acids is 1. The van der Waals surface area contributed by atoms with Gasteiger partial charge in [-0.3, -0.25) is 4.79 Å². The van der Waals surface area contributed by atoms with Crippen LogP contribution in [-0.4, -0.2) is 34.8 Å². The second kappa shape index (κ2) is 6.87. The van der Waals surface area contributed by atoms with Crippen LogP contribution < -0.4 is 4.90 Å². The van der Waals surface area contributed by atoms with Crippen LogP contribution >= 0.6 is 11.8 Å². The van der Waals surface area contributed by atoms with Gasteiger partial charge in [0.25, 0.3) is 0 Å². The van der Waals surface area contributed by atoms with Crippen LogP contribution in [0.15, 0.2) is 23.4 Å². The van der Waals surface area contributed by atoms with Crippen molar-refractivity contribution in [3.8, 4) is 0 Å². The van der Waals surface area contributed by atoms with E-state index in [-0.39, 0.29) is 5.78 Å². The average Bonchev–Trinajstić information content (AvgIpc) is 2.44. The normalized spacial score (nSPS) is 10.6. The van der Waals surface area contributed by atoms with Gasteiger partial charge >= 0.3 is 0 Å². The summed E-state index contributed by atoms with van der Waals surface area (Å²) in [5.74, 6) is 2.34. The van der Waals surface area contributed by atoms with Crippen LogP contribution in [-0.2, 0) is 5.75 Å². The Hall–Kier alpha value is -1.95. The molecule has 0 saturated heterocycles. The molecule has 0 saturated carbocycles. The maximum atomic E-state index is 11.8. The highest BCUT2D eigenvalue weighted by Gasteiger charge is 2.15. The highest BCUT2D eigenvalue weighted by Crippen LogP contribution is 2.27. The van der Waals surface area contributed by atoms with Gasteiger partial charge in [0.1, 0.15) is 16.7 Å². The molecule has 22 heavy (non-hydrogen) atoms. The number of pyridine rings is 1. The predicted octanol–water partition coefficient (Wildman–Crippen LogP) is 3.05. The lowest BCUT2D eigenvalue weighted by Crippen LogP contribution is -2.10. The molecule has 0 atom stereocenters. The molecule has 0 spiro atoms. The number of rotatable bonds is 5.